The standard InChI is InChI=1S/C22H28N4OS/c1-3-17-8-7-11-20-18(16-26-21(17)20)12-13-24-22(23-2)25-14-15-28(27)19-9-5-4-6-10-19/h4-11,16,26H,3,12-15H2,1-2H3,(H2,23,24,25). The van der Waals surface area contributed by atoms with E-state index in [0.717, 1.165) is 30.2 Å². The summed E-state index contributed by atoms with van der Waals surface area (Å²) >= 11 is 0. The molecule has 1 unspecified atom stereocenters. The van der Waals surface area contributed by atoms with Crippen LogP contribution in [0.3, 0.4) is 0 Å². The van der Waals surface area contributed by atoms with Crippen LogP contribution in [0.1, 0.15) is 18.1 Å². The molecule has 5 nitrogen and oxygen atoms in total. The molecule has 1 heterocycles. The smallest absolute Gasteiger partial charge is 0.191 e. The number of aromatic nitrogens is 1. The van der Waals surface area contributed by atoms with Crippen molar-refractivity contribution in [1.82, 2.24) is 15.6 Å². The quantitative estimate of drug-likeness (QED) is 0.404. The number of hydrogen-bond donors (Lipinski definition) is 3. The topological polar surface area (TPSA) is 69.3 Å². The van der Waals surface area contributed by atoms with Crippen LogP contribution in [0.4, 0.5) is 0 Å². The van der Waals surface area contributed by atoms with Crippen LogP contribution < -0.4 is 10.6 Å². The summed E-state index contributed by atoms with van der Waals surface area (Å²) in [4.78, 5) is 8.53. The van der Waals surface area contributed by atoms with Gasteiger partial charge in [-0.15, -0.1) is 0 Å². The molecule has 0 bridgehead atoms. The average molecular weight is 397 g/mol. The first kappa shape index (κ1) is 20.1. The molecular weight excluding hydrogens is 368 g/mol. The van der Waals surface area contributed by atoms with E-state index in [1.54, 1.807) is 7.05 Å². The molecule has 0 aliphatic carbocycles. The van der Waals surface area contributed by atoms with Gasteiger partial charge >= 0.3 is 0 Å². The number of aliphatic imine (C=N–C) groups is 1. The number of aryl methyl sites for hydroxylation is 1. The van der Waals surface area contributed by atoms with Crippen LogP contribution in [0.25, 0.3) is 10.9 Å². The van der Waals surface area contributed by atoms with E-state index in [9.17, 15) is 4.21 Å². The van der Waals surface area contributed by atoms with Crippen molar-refractivity contribution < 1.29 is 4.21 Å². The van der Waals surface area contributed by atoms with Gasteiger partial charge in [-0.2, -0.15) is 0 Å². The maximum Gasteiger partial charge on any atom is 0.191 e. The Morgan fingerprint density at radius 2 is 1.82 bits per heavy atom. The van der Waals surface area contributed by atoms with E-state index in [0.29, 0.717) is 12.3 Å². The first-order chi connectivity index (χ1) is 13.7. The molecule has 3 aromatic rings. The van der Waals surface area contributed by atoms with Crippen LogP contribution >= 0.6 is 0 Å². The van der Waals surface area contributed by atoms with E-state index in [-0.39, 0.29) is 0 Å². The van der Waals surface area contributed by atoms with Crippen molar-refractivity contribution in [2.24, 2.45) is 4.99 Å². The lowest BCUT2D eigenvalue weighted by Crippen LogP contribution is -2.40. The zero-order valence-corrected chi connectivity index (χ0v) is 17.3. The van der Waals surface area contributed by atoms with Crippen molar-refractivity contribution >= 4 is 27.7 Å². The van der Waals surface area contributed by atoms with Gasteiger partial charge in [-0.05, 0) is 36.1 Å². The largest absolute Gasteiger partial charge is 0.361 e. The molecule has 3 N–H and O–H groups in total. The minimum atomic E-state index is -1.00. The Balaban J connectivity index is 1.47. The highest BCUT2D eigenvalue weighted by Crippen LogP contribution is 2.22. The molecule has 0 amide bonds. The Bertz CT molecular complexity index is 950. The van der Waals surface area contributed by atoms with Gasteiger partial charge in [-0.3, -0.25) is 9.20 Å². The summed E-state index contributed by atoms with van der Waals surface area (Å²) < 4.78 is 12.3. The number of nitrogens with zero attached hydrogens (tertiary/aromatic N) is 1. The van der Waals surface area contributed by atoms with Crippen LogP contribution in [0.15, 0.2) is 64.6 Å². The average Bonchev–Trinajstić information content (AvgIpc) is 3.16. The molecule has 0 spiro atoms. The van der Waals surface area contributed by atoms with Crippen molar-refractivity contribution in [3.8, 4) is 0 Å². The minimum Gasteiger partial charge on any atom is -0.361 e. The molecule has 28 heavy (non-hydrogen) atoms. The number of aromatic amines is 1. The molecule has 0 fully saturated rings. The van der Waals surface area contributed by atoms with Crippen LogP contribution in [-0.4, -0.2) is 41.0 Å². The van der Waals surface area contributed by atoms with E-state index in [1.807, 2.05) is 30.3 Å². The van der Waals surface area contributed by atoms with Crippen molar-refractivity contribution in [2.75, 3.05) is 25.9 Å². The van der Waals surface area contributed by atoms with Crippen LogP contribution in [0.2, 0.25) is 0 Å². The third kappa shape index (κ3) is 5.01. The third-order valence-electron chi connectivity index (χ3n) is 4.76. The van der Waals surface area contributed by atoms with Crippen molar-refractivity contribution in [3.05, 3.63) is 65.9 Å². The van der Waals surface area contributed by atoms with Gasteiger partial charge in [-0.25, -0.2) is 0 Å². The Morgan fingerprint density at radius 3 is 2.57 bits per heavy atom. The third-order valence-corrected chi connectivity index (χ3v) is 6.14. The van der Waals surface area contributed by atoms with E-state index in [2.05, 4.69) is 51.9 Å². The SMILES string of the molecule is CCc1cccc2c(CCNC(=NC)NCCS(=O)c3ccccc3)c[nH]c12. The van der Waals surface area contributed by atoms with Gasteiger partial charge in [0, 0.05) is 47.9 Å². The van der Waals surface area contributed by atoms with E-state index >= 15 is 0 Å². The maximum atomic E-state index is 12.3. The van der Waals surface area contributed by atoms with Crippen LogP contribution in [-0.2, 0) is 23.6 Å². The first-order valence-electron chi connectivity index (χ1n) is 9.68. The van der Waals surface area contributed by atoms with Crippen molar-refractivity contribution in [3.63, 3.8) is 0 Å². The summed E-state index contributed by atoms with van der Waals surface area (Å²) in [6.07, 6.45) is 4.03. The van der Waals surface area contributed by atoms with Gasteiger partial charge in [0.15, 0.2) is 5.96 Å². The highest BCUT2D eigenvalue weighted by molar-refractivity contribution is 7.85. The Morgan fingerprint density at radius 1 is 1.04 bits per heavy atom. The summed E-state index contributed by atoms with van der Waals surface area (Å²) in [6.45, 7) is 3.57. The fourth-order valence-corrected chi connectivity index (χ4v) is 4.25. The lowest BCUT2D eigenvalue weighted by atomic mass is 10.1. The van der Waals surface area contributed by atoms with E-state index < -0.39 is 10.8 Å². The second-order valence-corrected chi connectivity index (χ2v) is 8.12. The number of fused-ring (bicyclic) bond motifs is 1. The van der Waals surface area contributed by atoms with Gasteiger partial charge in [0.05, 0.1) is 10.8 Å². The summed E-state index contributed by atoms with van der Waals surface area (Å²) in [5, 5.41) is 7.88. The highest BCUT2D eigenvalue weighted by Gasteiger charge is 2.07. The van der Waals surface area contributed by atoms with Crippen molar-refractivity contribution in [2.45, 2.75) is 24.7 Å². The summed E-state index contributed by atoms with van der Waals surface area (Å²) in [7, 11) is 0.752. The molecule has 1 atom stereocenters. The second kappa shape index (κ2) is 10.1. The van der Waals surface area contributed by atoms with Crippen LogP contribution in [0.5, 0.6) is 0 Å². The molecule has 6 heteroatoms. The number of para-hydroxylation sites is 1. The molecule has 0 radical (unpaired) electrons. The predicted octanol–water partition coefficient (Wildman–Crippen LogP) is 3.25. The zero-order valence-electron chi connectivity index (χ0n) is 16.5. The molecule has 0 saturated heterocycles. The number of rotatable bonds is 8. The Hall–Kier alpha value is -2.60. The van der Waals surface area contributed by atoms with Crippen LogP contribution in [0, 0.1) is 0 Å². The zero-order chi connectivity index (χ0) is 19.8. The van der Waals surface area contributed by atoms with Gasteiger partial charge in [0.1, 0.15) is 0 Å². The van der Waals surface area contributed by atoms with E-state index in [1.165, 1.54) is 22.0 Å². The number of guanidine groups is 1. The van der Waals surface area contributed by atoms with E-state index in [4.69, 9.17) is 0 Å². The fraction of sp³-hybridized carbons (Fsp3) is 0.318. The fourth-order valence-electron chi connectivity index (χ4n) is 3.27. The molecule has 148 valence electrons. The molecule has 3 rings (SSSR count). The van der Waals surface area contributed by atoms with Gasteiger partial charge in [-0.1, -0.05) is 43.3 Å². The van der Waals surface area contributed by atoms with Gasteiger partial charge in [0.25, 0.3) is 0 Å². The van der Waals surface area contributed by atoms with Crippen molar-refractivity contribution in [1.29, 1.82) is 0 Å². The molecule has 0 aliphatic heterocycles. The minimum absolute atomic E-state index is 0.549. The normalized spacial score (nSPS) is 12.9. The lowest BCUT2D eigenvalue weighted by molar-refractivity contribution is 0.681. The second-order valence-electron chi connectivity index (χ2n) is 6.55. The number of nitrogens with one attached hydrogen (secondary N) is 3. The first-order valence-corrected chi connectivity index (χ1v) is 11.0. The lowest BCUT2D eigenvalue weighted by Gasteiger charge is -2.11. The number of H-pyrrole nitrogens is 1. The monoisotopic (exact) mass is 396 g/mol. The van der Waals surface area contributed by atoms with Gasteiger partial charge < -0.3 is 15.6 Å². The maximum absolute atomic E-state index is 12.3. The Labute approximate surface area is 169 Å². The Kier molecular flexibility index (Phi) is 7.25. The predicted molar refractivity (Wildman–Crippen MR) is 118 cm³/mol. The number of benzene rings is 2. The molecule has 0 aliphatic rings. The summed E-state index contributed by atoms with van der Waals surface area (Å²) in [5.74, 6) is 1.28. The molecular formula is C22H28N4OS. The molecule has 2 aromatic carbocycles. The van der Waals surface area contributed by atoms with Gasteiger partial charge in [0.2, 0.25) is 0 Å². The number of hydrogen-bond acceptors (Lipinski definition) is 2. The summed E-state index contributed by atoms with van der Waals surface area (Å²) in [6, 6.07) is 16.0. The summed E-state index contributed by atoms with van der Waals surface area (Å²) in [5.41, 5.74) is 3.89. The molecule has 0 saturated carbocycles. The highest BCUT2D eigenvalue weighted by atomic mass is 32.2. The molecule has 1 aromatic heterocycles.